The van der Waals surface area contributed by atoms with Crippen molar-refractivity contribution < 1.29 is 4.74 Å². The average Bonchev–Trinajstić information content (AvgIpc) is 2.35. The van der Waals surface area contributed by atoms with E-state index in [1.807, 2.05) is 18.2 Å². The van der Waals surface area contributed by atoms with Gasteiger partial charge in [0, 0.05) is 10.7 Å². The largest absolute Gasteiger partial charge is 0.454 e. The minimum absolute atomic E-state index is 0.558. The third-order valence-electron chi connectivity index (χ3n) is 2.32. The number of aromatic nitrogens is 1. The highest BCUT2D eigenvalue weighted by atomic mass is 79.9. The van der Waals surface area contributed by atoms with Crippen molar-refractivity contribution in [2.45, 2.75) is 6.42 Å². The molecule has 0 fully saturated rings. The van der Waals surface area contributed by atoms with E-state index in [1.54, 1.807) is 18.5 Å². The summed E-state index contributed by atoms with van der Waals surface area (Å²) in [7, 11) is 0. The molecule has 3 nitrogen and oxygen atoms in total. The molecule has 2 rings (SSSR count). The molecule has 0 atom stereocenters. The van der Waals surface area contributed by atoms with Crippen molar-refractivity contribution in [1.82, 2.24) is 4.98 Å². The minimum Gasteiger partial charge on any atom is -0.454 e. The van der Waals surface area contributed by atoms with Gasteiger partial charge >= 0.3 is 0 Å². The molecule has 2 aromatic rings. The average molecular weight is 328 g/mol. The van der Waals surface area contributed by atoms with Crippen molar-refractivity contribution in [1.29, 1.82) is 0 Å². The molecule has 0 aliphatic heterocycles. The third kappa shape index (κ3) is 3.45. The van der Waals surface area contributed by atoms with Crippen molar-refractivity contribution in [2.75, 3.05) is 6.54 Å². The number of rotatable bonds is 4. The predicted octanol–water partition coefficient (Wildman–Crippen LogP) is 3.79. The zero-order valence-corrected chi connectivity index (χ0v) is 11.9. The highest BCUT2D eigenvalue weighted by Crippen LogP contribution is 2.31. The van der Waals surface area contributed by atoms with E-state index in [2.05, 4.69) is 20.9 Å². The van der Waals surface area contributed by atoms with E-state index in [1.165, 1.54) is 0 Å². The first kappa shape index (κ1) is 13.3. The summed E-state index contributed by atoms with van der Waals surface area (Å²) in [5.74, 6) is 1.25. The fourth-order valence-electron chi connectivity index (χ4n) is 1.51. The van der Waals surface area contributed by atoms with Gasteiger partial charge < -0.3 is 10.5 Å². The third-order valence-corrected chi connectivity index (χ3v) is 3.13. The van der Waals surface area contributed by atoms with E-state index in [-0.39, 0.29) is 0 Å². The van der Waals surface area contributed by atoms with Gasteiger partial charge in [-0.2, -0.15) is 0 Å². The van der Waals surface area contributed by atoms with Crippen LogP contribution in [-0.2, 0) is 6.42 Å². The van der Waals surface area contributed by atoms with Crippen LogP contribution in [0.15, 0.2) is 41.1 Å². The molecule has 0 aliphatic carbocycles. The fraction of sp³-hybridized carbons (Fsp3) is 0.154. The number of nitrogens with zero attached hydrogens (tertiary/aromatic N) is 1. The van der Waals surface area contributed by atoms with Crippen LogP contribution in [0.4, 0.5) is 0 Å². The Balaban J connectivity index is 2.22. The molecule has 0 amide bonds. The van der Waals surface area contributed by atoms with E-state index in [0.29, 0.717) is 23.1 Å². The highest BCUT2D eigenvalue weighted by Gasteiger charge is 2.05. The number of nitrogens with two attached hydrogens (primary N) is 1. The molecular formula is C13H12BrClN2O. The normalized spacial score (nSPS) is 10.4. The summed E-state index contributed by atoms with van der Waals surface area (Å²) >= 11 is 9.44. The van der Waals surface area contributed by atoms with Gasteiger partial charge in [-0.05, 0) is 42.8 Å². The maximum Gasteiger partial charge on any atom is 0.147 e. The van der Waals surface area contributed by atoms with Gasteiger partial charge in [0.1, 0.15) is 11.5 Å². The Morgan fingerprint density at radius 1 is 1.28 bits per heavy atom. The number of halogens is 2. The van der Waals surface area contributed by atoms with E-state index >= 15 is 0 Å². The Bertz CT molecular complexity index is 548. The molecule has 0 saturated heterocycles. The molecule has 0 unspecified atom stereocenters. The minimum atomic E-state index is 0.558. The van der Waals surface area contributed by atoms with Crippen LogP contribution >= 0.6 is 27.5 Å². The van der Waals surface area contributed by atoms with Crippen LogP contribution in [0.25, 0.3) is 0 Å². The molecule has 0 aliphatic rings. The van der Waals surface area contributed by atoms with Crippen LogP contribution in [0, 0.1) is 0 Å². The molecule has 0 saturated carbocycles. The van der Waals surface area contributed by atoms with Gasteiger partial charge in [0.2, 0.25) is 0 Å². The number of ether oxygens (including phenoxy) is 1. The number of hydrogen-bond donors (Lipinski definition) is 1. The van der Waals surface area contributed by atoms with E-state index in [0.717, 1.165) is 16.5 Å². The van der Waals surface area contributed by atoms with Crippen molar-refractivity contribution in [3.8, 4) is 11.5 Å². The Morgan fingerprint density at radius 3 is 2.89 bits per heavy atom. The maximum atomic E-state index is 6.06. The molecule has 5 heteroatoms. The molecule has 0 bridgehead atoms. The van der Waals surface area contributed by atoms with Gasteiger partial charge in [-0.25, -0.2) is 0 Å². The van der Waals surface area contributed by atoms with Crippen LogP contribution in [0.1, 0.15) is 5.56 Å². The van der Waals surface area contributed by atoms with Crippen molar-refractivity contribution >= 4 is 27.5 Å². The van der Waals surface area contributed by atoms with E-state index < -0.39 is 0 Å². The van der Waals surface area contributed by atoms with Gasteiger partial charge in [0.25, 0.3) is 0 Å². The lowest BCUT2D eigenvalue weighted by Crippen LogP contribution is -2.03. The Labute approximate surface area is 119 Å². The predicted molar refractivity (Wildman–Crippen MR) is 76.2 cm³/mol. The van der Waals surface area contributed by atoms with Gasteiger partial charge in [-0.15, -0.1) is 0 Å². The number of hydrogen-bond acceptors (Lipinski definition) is 3. The summed E-state index contributed by atoms with van der Waals surface area (Å²) < 4.78 is 6.62. The second-order valence-electron chi connectivity index (χ2n) is 3.74. The van der Waals surface area contributed by atoms with Gasteiger partial charge in [0.05, 0.1) is 11.2 Å². The van der Waals surface area contributed by atoms with E-state index in [4.69, 9.17) is 22.1 Å². The van der Waals surface area contributed by atoms with Crippen LogP contribution in [0.5, 0.6) is 11.5 Å². The molecule has 0 radical (unpaired) electrons. The smallest absolute Gasteiger partial charge is 0.147 e. The number of pyridine rings is 1. The summed E-state index contributed by atoms with van der Waals surface area (Å²) in [6.45, 7) is 0.586. The molecular weight excluding hydrogens is 316 g/mol. The number of benzene rings is 1. The molecule has 94 valence electrons. The molecule has 1 aromatic carbocycles. The first-order valence-corrected chi connectivity index (χ1v) is 6.63. The van der Waals surface area contributed by atoms with Crippen LogP contribution in [-0.4, -0.2) is 11.5 Å². The zero-order valence-electron chi connectivity index (χ0n) is 9.57. The first-order chi connectivity index (χ1) is 8.69. The highest BCUT2D eigenvalue weighted by molar-refractivity contribution is 9.10. The lowest BCUT2D eigenvalue weighted by Gasteiger charge is -2.08. The summed E-state index contributed by atoms with van der Waals surface area (Å²) in [4.78, 5) is 4.12. The second kappa shape index (κ2) is 6.18. The molecule has 1 heterocycles. The van der Waals surface area contributed by atoms with Crippen molar-refractivity contribution in [2.24, 2.45) is 5.73 Å². The molecule has 1 aromatic heterocycles. The molecule has 0 spiro atoms. The standard InChI is InChI=1S/C13H12BrClN2O/c14-10-1-2-12(15)13(6-10)18-11-5-9(3-4-16)7-17-8-11/h1-2,5-8H,3-4,16H2. The van der Waals surface area contributed by atoms with Gasteiger partial charge in [0.15, 0.2) is 0 Å². The SMILES string of the molecule is NCCc1cncc(Oc2cc(Br)ccc2Cl)c1. The quantitative estimate of drug-likeness (QED) is 0.929. The van der Waals surface area contributed by atoms with Gasteiger partial charge in [-0.1, -0.05) is 27.5 Å². The van der Waals surface area contributed by atoms with E-state index in [9.17, 15) is 0 Å². The topological polar surface area (TPSA) is 48.1 Å². The summed E-state index contributed by atoms with van der Waals surface area (Å²) in [6, 6.07) is 7.37. The molecule has 18 heavy (non-hydrogen) atoms. The summed E-state index contributed by atoms with van der Waals surface area (Å²) in [6.07, 6.45) is 4.20. The van der Waals surface area contributed by atoms with Gasteiger partial charge in [-0.3, -0.25) is 4.98 Å². The Kier molecular flexibility index (Phi) is 4.58. The van der Waals surface area contributed by atoms with Crippen molar-refractivity contribution in [3.05, 3.63) is 51.7 Å². The fourth-order valence-corrected chi connectivity index (χ4v) is 2.00. The molecule has 2 N–H and O–H groups in total. The van der Waals surface area contributed by atoms with Crippen LogP contribution in [0.3, 0.4) is 0 Å². The Hall–Kier alpha value is -1.10. The first-order valence-electron chi connectivity index (χ1n) is 5.46. The summed E-state index contributed by atoms with van der Waals surface area (Å²) in [5, 5.41) is 0.558. The lowest BCUT2D eigenvalue weighted by molar-refractivity contribution is 0.479. The van der Waals surface area contributed by atoms with Crippen LogP contribution in [0.2, 0.25) is 5.02 Å². The monoisotopic (exact) mass is 326 g/mol. The van der Waals surface area contributed by atoms with Crippen molar-refractivity contribution in [3.63, 3.8) is 0 Å². The maximum absolute atomic E-state index is 6.06. The van der Waals surface area contributed by atoms with Crippen LogP contribution < -0.4 is 10.5 Å². The summed E-state index contributed by atoms with van der Waals surface area (Å²) in [5.41, 5.74) is 6.55. The second-order valence-corrected chi connectivity index (χ2v) is 5.07. The lowest BCUT2D eigenvalue weighted by atomic mass is 10.2. The Morgan fingerprint density at radius 2 is 2.11 bits per heavy atom. The zero-order chi connectivity index (χ0) is 13.0.